The Morgan fingerprint density at radius 2 is 1.95 bits per heavy atom. The van der Waals surface area contributed by atoms with Crippen molar-refractivity contribution >= 4 is 22.8 Å². The molecule has 0 spiro atoms. The van der Waals surface area contributed by atoms with Crippen molar-refractivity contribution < 1.29 is 4.42 Å². The summed E-state index contributed by atoms with van der Waals surface area (Å²) in [7, 11) is 4.07. The number of nitrogens with zero attached hydrogens (tertiary/aromatic N) is 2. The second-order valence-electron chi connectivity index (χ2n) is 4.90. The fraction of sp³-hybridized carbons (Fsp3) is 0.188. The van der Waals surface area contributed by atoms with Crippen molar-refractivity contribution in [3.05, 3.63) is 54.1 Å². The summed E-state index contributed by atoms with van der Waals surface area (Å²) in [5.74, 6) is 0. The number of para-hydroxylation sites is 2. The molecule has 0 atom stereocenters. The first-order chi connectivity index (χ1) is 9.72. The van der Waals surface area contributed by atoms with E-state index in [1.54, 1.807) is 0 Å². The summed E-state index contributed by atoms with van der Waals surface area (Å²) in [6.45, 7) is 0.689. The van der Waals surface area contributed by atoms with Gasteiger partial charge in [0.25, 0.3) is 6.01 Å². The standard InChI is InChI=1S/C16H17N3O/c1-19(2)13-7-5-6-12(10-13)11-17-16-18-14-8-3-4-9-15(14)20-16/h3-10H,11H2,1-2H3,(H,17,18). The Balaban J connectivity index is 1.74. The summed E-state index contributed by atoms with van der Waals surface area (Å²) in [6, 6.07) is 16.7. The van der Waals surface area contributed by atoms with Crippen LogP contribution in [0.2, 0.25) is 0 Å². The van der Waals surface area contributed by atoms with Crippen LogP contribution in [-0.2, 0) is 6.54 Å². The quantitative estimate of drug-likeness (QED) is 0.785. The fourth-order valence-corrected chi connectivity index (χ4v) is 2.07. The maximum Gasteiger partial charge on any atom is 0.295 e. The van der Waals surface area contributed by atoms with Gasteiger partial charge in [0.1, 0.15) is 5.52 Å². The van der Waals surface area contributed by atoms with E-state index in [9.17, 15) is 0 Å². The molecule has 1 heterocycles. The number of rotatable bonds is 4. The average Bonchev–Trinajstić information content (AvgIpc) is 2.88. The van der Waals surface area contributed by atoms with Crippen LogP contribution in [-0.4, -0.2) is 19.1 Å². The van der Waals surface area contributed by atoms with Gasteiger partial charge < -0.3 is 14.6 Å². The Hall–Kier alpha value is -2.49. The number of anilines is 2. The summed E-state index contributed by atoms with van der Waals surface area (Å²) in [6.07, 6.45) is 0. The molecule has 1 aromatic heterocycles. The highest BCUT2D eigenvalue weighted by Crippen LogP contribution is 2.19. The van der Waals surface area contributed by atoms with Crippen molar-refractivity contribution in [1.29, 1.82) is 0 Å². The number of fused-ring (bicyclic) bond motifs is 1. The second-order valence-corrected chi connectivity index (χ2v) is 4.90. The van der Waals surface area contributed by atoms with Gasteiger partial charge in [-0.05, 0) is 29.8 Å². The summed E-state index contributed by atoms with van der Waals surface area (Å²) in [5, 5.41) is 3.22. The molecule has 3 rings (SSSR count). The predicted molar refractivity (Wildman–Crippen MR) is 82.1 cm³/mol. The maximum absolute atomic E-state index is 5.63. The van der Waals surface area contributed by atoms with Crippen LogP contribution < -0.4 is 10.2 Å². The minimum Gasteiger partial charge on any atom is -0.424 e. The van der Waals surface area contributed by atoms with Crippen molar-refractivity contribution in [3.63, 3.8) is 0 Å². The Morgan fingerprint density at radius 1 is 1.10 bits per heavy atom. The van der Waals surface area contributed by atoms with E-state index in [1.165, 1.54) is 11.3 Å². The topological polar surface area (TPSA) is 41.3 Å². The molecule has 0 radical (unpaired) electrons. The van der Waals surface area contributed by atoms with Crippen molar-refractivity contribution in [1.82, 2.24) is 4.98 Å². The molecule has 20 heavy (non-hydrogen) atoms. The number of oxazole rings is 1. The van der Waals surface area contributed by atoms with Crippen molar-refractivity contribution in [2.75, 3.05) is 24.3 Å². The van der Waals surface area contributed by atoms with Crippen LogP contribution in [0.4, 0.5) is 11.7 Å². The van der Waals surface area contributed by atoms with Crippen LogP contribution in [0.25, 0.3) is 11.1 Å². The first-order valence-electron chi connectivity index (χ1n) is 6.58. The lowest BCUT2D eigenvalue weighted by Gasteiger charge is -2.13. The van der Waals surface area contributed by atoms with Gasteiger partial charge in [0.2, 0.25) is 0 Å². The predicted octanol–water partition coefficient (Wildman–Crippen LogP) is 3.51. The van der Waals surface area contributed by atoms with Gasteiger partial charge >= 0.3 is 0 Å². The largest absolute Gasteiger partial charge is 0.424 e. The average molecular weight is 267 g/mol. The Bertz CT molecular complexity index is 685. The second kappa shape index (κ2) is 5.25. The van der Waals surface area contributed by atoms with Crippen LogP contribution in [0.5, 0.6) is 0 Å². The van der Waals surface area contributed by atoms with Crippen molar-refractivity contribution in [2.24, 2.45) is 0 Å². The van der Waals surface area contributed by atoms with Crippen LogP contribution in [0.15, 0.2) is 52.9 Å². The van der Waals surface area contributed by atoms with E-state index in [4.69, 9.17) is 4.42 Å². The van der Waals surface area contributed by atoms with E-state index < -0.39 is 0 Å². The first-order valence-corrected chi connectivity index (χ1v) is 6.58. The maximum atomic E-state index is 5.63. The van der Waals surface area contributed by atoms with Gasteiger partial charge in [0.15, 0.2) is 5.58 Å². The molecule has 0 fully saturated rings. The van der Waals surface area contributed by atoms with Crippen LogP contribution >= 0.6 is 0 Å². The molecule has 0 unspecified atom stereocenters. The highest BCUT2D eigenvalue weighted by atomic mass is 16.4. The molecule has 0 saturated heterocycles. The molecule has 0 saturated carbocycles. The van der Waals surface area contributed by atoms with Gasteiger partial charge in [0, 0.05) is 26.3 Å². The highest BCUT2D eigenvalue weighted by molar-refractivity contribution is 5.74. The molecule has 0 bridgehead atoms. The van der Waals surface area contributed by atoms with E-state index in [0.717, 1.165) is 11.1 Å². The lowest BCUT2D eigenvalue weighted by atomic mass is 10.2. The molecule has 2 aromatic carbocycles. The summed E-state index contributed by atoms with van der Waals surface area (Å²) in [5.41, 5.74) is 4.05. The van der Waals surface area contributed by atoms with Gasteiger partial charge in [-0.25, -0.2) is 0 Å². The SMILES string of the molecule is CN(C)c1cccc(CNc2nc3ccccc3o2)c1. The number of hydrogen-bond donors (Lipinski definition) is 1. The van der Waals surface area contributed by atoms with Crippen LogP contribution in [0.1, 0.15) is 5.56 Å². The van der Waals surface area contributed by atoms with Gasteiger partial charge in [-0.3, -0.25) is 0 Å². The lowest BCUT2D eigenvalue weighted by molar-refractivity contribution is 0.614. The number of hydrogen-bond acceptors (Lipinski definition) is 4. The molecule has 1 N–H and O–H groups in total. The zero-order valence-electron chi connectivity index (χ0n) is 11.6. The van der Waals surface area contributed by atoms with Gasteiger partial charge in [-0.1, -0.05) is 24.3 Å². The number of aromatic nitrogens is 1. The van der Waals surface area contributed by atoms with E-state index in [2.05, 4.69) is 39.5 Å². The van der Waals surface area contributed by atoms with E-state index >= 15 is 0 Å². The van der Waals surface area contributed by atoms with Gasteiger partial charge in [0.05, 0.1) is 0 Å². The summed E-state index contributed by atoms with van der Waals surface area (Å²) >= 11 is 0. The molecule has 0 aliphatic rings. The molecule has 3 aromatic rings. The summed E-state index contributed by atoms with van der Waals surface area (Å²) in [4.78, 5) is 6.48. The molecule has 0 aliphatic carbocycles. The molecule has 4 nitrogen and oxygen atoms in total. The zero-order chi connectivity index (χ0) is 13.9. The number of nitrogens with one attached hydrogen (secondary N) is 1. The third-order valence-electron chi connectivity index (χ3n) is 3.16. The van der Waals surface area contributed by atoms with Crippen LogP contribution in [0.3, 0.4) is 0 Å². The van der Waals surface area contributed by atoms with Gasteiger partial charge in [-0.2, -0.15) is 4.98 Å². The monoisotopic (exact) mass is 267 g/mol. The first kappa shape index (κ1) is 12.5. The minimum atomic E-state index is 0.557. The fourth-order valence-electron chi connectivity index (χ4n) is 2.07. The molecular weight excluding hydrogens is 250 g/mol. The Kier molecular flexibility index (Phi) is 3.29. The molecule has 0 aliphatic heterocycles. The zero-order valence-corrected chi connectivity index (χ0v) is 11.6. The Morgan fingerprint density at radius 3 is 2.75 bits per heavy atom. The van der Waals surface area contributed by atoms with Crippen molar-refractivity contribution in [3.8, 4) is 0 Å². The van der Waals surface area contributed by atoms with Crippen LogP contribution in [0, 0.1) is 0 Å². The smallest absolute Gasteiger partial charge is 0.295 e. The highest BCUT2D eigenvalue weighted by Gasteiger charge is 2.04. The Labute approximate surface area is 118 Å². The normalized spacial score (nSPS) is 10.7. The van der Waals surface area contributed by atoms with Gasteiger partial charge in [-0.15, -0.1) is 0 Å². The van der Waals surface area contributed by atoms with Crippen molar-refractivity contribution in [2.45, 2.75) is 6.54 Å². The summed E-state index contributed by atoms with van der Waals surface area (Å²) < 4.78 is 5.63. The van der Waals surface area contributed by atoms with E-state index in [0.29, 0.717) is 12.6 Å². The minimum absolute atomic E-state index is 0.557. The molecule has 4 heteroatoms. The lowest BCUT2D eigenvalue weighted by Crippen LogP contribution is -2.09. The number of benzene rings is 2. The van der Waals surface area contributed by atoms with E-state index in [1.807, 2.05) is 38.4 Å². The third-order valence-corrected chi connectivity index (χ3v) is 3.16. The van der Waals surface area contributed by atoms with E-state index in [-0.39, 0.29) is 0 Å². The molecule has 102 valence electrons. The molecular formula is C16H17N3O. The third kappa shape index (κ3) is 2.59. The molecule has 0 amide bonds.